The number of rotatable bonds is 9. The highest BCUT2D eigenvalue weighted by molar-refractivity contribution is 7.13. The molecule has 0 saturated heterocycles. The number of aliphatic hydroxyl groups excluding tert-OH is 1. The van der Waals surface area contributed by atoms with Gasteiger partial charge in [-0.1, -0.05) is 42.5 Å². The molecule has 2 unspecified atom stereocenters. The number of hydrogen-bond acceptors (Lipinski definition) is 5. The van der Waals surface area contributed by atoms with Gasteiger partial charge in [0.25, 0.3) is 0 Å². The van der Waals surface area contributed by atoms with E-state index < -0.39 is 36.3 Å². The molecule has 0 saturated carbocycles. The van der Waals surface area contributed by atoms with E-state index in [-0.39, 0.29) is 17.7 Å². The number of alkyl halides is 4. The van der Waals surface area contributed by atoms with Crippen molar-refractivity contribution in [1.82, 2.24) is 4.98 Å². The summed E-state index contributed by atoms with van der Waals surface area (Å²) in [5.74, 6) is -3.22. The van der Waals surface area contributed by atoms with Gasteiger partial charge in [0.15, 0.2) is 0 Å². The van der Waals surface area contributed by atoms with Crippen molar-refractivity contribution in [2.75, 3.05) is 0 Å². The van der Waals surface area contributed by atoms with Crippen LogP contribution in [0.25, 0.3) is 10.6 Å². The lowest BCUT2D eigenvalue weighted by Crippen LogP contribution is -2.33. The number of halogens is 4. The number of hydrogen-bond donors (Lipinski definition) is 2. The number of aliphatic hydroxyl groups is 1. The molecule has 1 heterocycles. The summed E-state index contributed by atoms with van der Waals surface area (Å²) < 4.78 is 55.0. The van der Waals surface area contributed by atoms with Gasteiger partial charge in [-0.2, -0.15) is 17.6 Å². The average Bonchev–Trinajstić information content (AvgIpc) is 3.22. The van der Waals surface area contributed by atoms with Gasteiger partial charge >= 0.3 is 18.5 Å². The number of thiazole rings is 1. The maximum absolute atomic E-state index is 13.1. The predicted octanol–water partition coefficient (Wildman–Crippen LogP) is 5.02. The average molecular weight is 455 g/mol. The van der Waals surface area contributed by atoms with Gasteiger partial charge in [-0.05, 0) is 24.1 Å². The molecule has 0 spiro atoms. The molecule has 31 heavy (non-hydrogen) atoms. The van der Waals surface area contributed by atoms with Crippen molar-refractivity contribution in [3.05, 3.63) is 71.2 Å². The third kappa shape index (κ3) is 5.59. The summed E-state index contributed by atoms with van der Waals surface area (Å²) in [5.41, 5.74) is 1.18. The van der Waals surface area contributed by atoms with E-state index in [1.165, 1.54) is 23.5 Å². The van der Waals surface area contributed by atoms with Crippen LogP contribution >= 0.6 is 11.3 Å². The minimum atomic E-state index is -4.68. The number of carboxylic acids is 1. The molecule has 1 aromatic heterocycles. The zero-order valence-electron chi connectivity index (χ0n) is 15.8. The molecule has 164 valence electrons. The largest absolute Gasteiger partial charge is 0.481 e. The number of ether oxygens (including phenoxy) is 1. The topological polar surface area (TPSA) is 79.7 Å². The first-order valence-corrected chi connectivity index (χ1v) is 9.91. The normalized spacial score (nSPS) is 13.7. The van der Waals surface area contributed by atoms with Crippen molar-refractivity contribution in [3.63, 3.8) is 0 Å². The van der Waals surface area contributed by atoms with Gasteiger partial charge in [0.05, 0.1) is 11.6 Å². The zero-order chi connectivity index (χ0) is 22.6. The molecule has 0 fully saturated rings. The van der Waals surface area contributed by atoms with Gasteiger partial charge in [0.1, 0.15) is 16.9 Å². The number of carbonyl (C=O) groups is 1. The lowest BCUT2D eigenvalue weighted by atomic mass is 9.92. The van der Waals surface area contributed by atoms with Crippen LogP contribution < -0.4 is 4.74 Å². The van der Waals surface area contributed by atoms with Crippen LogP contribution in [0.1, 0.15) is 17.4 Å². The Bertz CT molecular complexity index is 1030. The summed E-state index contributed by atoms with van der Waals surface area (Å²) >= 11 is 1.24. The molecule has 3 rings (SSSR count). The van der Waals surface area contributed by atoms with Gasteiger partial charge in [-0.25, -0.2) is 4.98 Å². The van der Waals surface area contributed by atoms with Crippen molar-refractivity contribution < 1.29 is 37.3 Å². The molecule has 0 aliphatic carbocycles. The molecule has 0 bridgehead atoms. The monoisotopic (exact) mass is 455 g/mol. The van der Waals surface area contributed by atoms with E-state index in [1.54, 1.807) is 5.38 Å². The van der Waals surface area contributed by atoms with Crippen LogP contribution in [0.3, 0.4) is 0 Å². The van der Waals surface area contributed by atoms with Crippen molar-refractivity contribution in [3.8, 4) is 16.3 Å². The minimum absolute atomic E-state index is 0.160. The molecule has 0 amide bonds. The summed E-state index contributed by atoms with van der Waals surface area (Å²) in [6.45, 7) is 0. The molecule has 2 N–H and O–H groups in total. The summed E-state index contributed by atoms with van der Waals surface area (Å²) in [4.78, 5) is 16.1. The Morgan fingerprint density at radius 3 is 2.48 bits per heavy atom. The van der Waals surface area contributed by atoms with Crippen LogP contribution in [0.2, 0.25) is 0 Å². The highest BCUT2D eigenvalue weighted by Gasteiger charge is 2.44. The van der Waals surface area contributed by atoms with Gasteiger partial charge in [0.2, 0.25) is 0 Å². The maximum Gasteiger partial charge on any atom is 0.461 e. The SMILES string of the molecule is O=C(O)C(Cc1cccc(OC(F)(F)C(F)F)c1)C(O)c1csc(-c2ccccc2)n1. The van der Waals surface area contributed by atoms with Crippen LogP contribution in [0.5, 0.6) is 5.75 Å². The van der Waals surface area contributed by atoms with E-state index in [0.717, 1.165) is 17.7 Å². The van der Waals surface area contributed by atoms with Crippen molar-refractivity contribution >= 4 is 17.3 Å². The smallest absolute Gasteiger partial charge is 0.461 e. The van der Waals surface area contributed by atoms with Crippen molar-refractivity contribution in [2.24, 2.45) is 5.92 Å². The fraction of sp³-hybridized carbons (Fsp3) is 0.238. The van der Waals surface area contributed by atoms with Crippen molar-refractivity contribution in [2.45, 2.75) is 25.1 Å². The molecule has 5 nitrogen and oxygen atoms in total. The van der Waals surface area contributed by atoms with Crippen molar-refractivity contribution in [1.29, 1.82) is 0 Å². The summed E-state index contributed by atoms with van der Waals surface area (Å²) in [7, 11) is 0. The Morgan fingerprint density at radius 2 is 1.84 bits per heavy atom. The Kier molecular flexibility index (Phi) is 6.91. The molecule has 0 aliphatic rings. The summed E-state index contributed by atoms with van der Waals surface area (Å²) in [5, 5.41) is 22.3. The van der Waals surface area contributed by atoms with E-state index in [4.69, 9.17) is 0 Å². The van der Waals surface area contributed by atoms with Gasteiger partial charge in [0, 0.05) is 10.9 Å². The van der Waals surface area contributed by atoms with E-state index in [0.29, 0.717) is 5.01 Å². The Hall–Kier alpha value is -2.98. The first-order valence-electron chi connectivity index (χ1n) is 9.03. The molecule has 0 radical (unpaired) electrons. The van der Waals surface area contributed by atoms with Gasteiger partial charge in [-0.3, -0.25) is 4.79 Å². The van der Waals surface area contributed by atoms with Crippen LogP contribution in [-0.2, 0) is 11.2 Å². The first-order chi connectivity index (χ1) is 14.7. The fourth-order valence-electron chi connectivity index (χ4n) is 2.87. The number of nitrogens with zero attached hydrogens (tertiary/aromatic N) is 1. The quantitative estimate of drug-likeness (QED) is 0.443. The van der Waals surface area contributed by atoms with Crippen LogP contribution in [0.15, 0.2) is 60.0 Å². The van der Waals surface area contributed by atoms with E-state index in [9.17, 15) is 32.6 Å². The summed E-state index contributed by atoms with van der Waals surface area (Å²) in [6, 6.07) is 13.9. The highest BCUT2D eigenvalue weighted by atomic mass is 32.1. The number of aromatic nitrogens is 1. The molecule has 0 aliphatic heterocycles. The lowest BCUT2D eigenvalue weighted by molar-refractivity contribution is -0.253. The number of carboxylic acid groups (broad SMARTS) is 1. The predicted molar refractivity (Wildman–Crippen MR) is 105 cm³/mol. The fourth-order valence-corrected chi connectivity index (χ4v) is 3.72. The maximum atomic E-state index is 13.1. The first kappa shape index (κ1) is 22.7. The second kappa shape index (κ2) is 9.44. The number of benzene rings is 2. The molecule has 2 aromatic carbocycles. The molecular formula is C21H17F4NO4S. The highest BCUT2D eigenvalue weighted by Crippen LogP contribution is 2.32. The second-order valence-electron chi connectivity index (χ2n) is 6.65. The zero-order valence-corrected chi connectivity index (χ0v) is 16.6. The molecular weight excluding hydrogens is 438 g/mol. The standard InChI is InChI=1S/C21H17F4NO4S/c22-20(23)21(24,25)30-14-8-4-5-12(9-14)10-15(19(28)29)17(27)16-11-31-18(26-16)13-6-2-1-3-7-13/h1-9,11,15,17,20,27H,10H2,(H,28,29). The Balaban J connectivity index is 1.78. The minimum Gasteiger partial charge on any atom is -0.481 e. The van der Waals surface area contributed by atoms with Gasteiger partial charge < -0.3 is 14.9 Å². The van der Waals surface area contributed by atoms with E-state index in [2.05, 4.69) is 9.72 Å². The van der Waals surface area contributed by atoms with E-state index in [1.807, 2.05) is 30.3 Å². The van der Waals surface area contributed by atoms with E-state index >= 15 is 0 Å². The van der Waals surface area contributed by atoms with Gasteiger partial charge in [-0.15, -0.1) is 11.3 Å². The van der Waals surface area contributed by atoms with Crippen LogP contribution in [0, 0.1) is 5.92 Å². The Labute approximate surface area is 178 Å². The van der Waals surface area contributed by atoms with Crippen LogP contribution in [0.4, 0.5) is 17.6 Å². The third-order valence-corrected chi connectivity index (χ3v) is 5.32. The number of aliphatic carboxylic acids is 1. The summed E-state index contributed by atoms with van der Waals surface area (Å²) in [6.07, 6.45) is -10.4. The molecule has 2 atom stereocenters. The third-order valence-electron chi connectivity index (χ3n) is 4.41. The molecule has 10 heteroatoms. The second-order valence-corrected chi connectivity index (χ2v) is 7.51. The lowest BCUT2D eigenvalue weighted by Gasteiger charge is -2.19. The molecule has 3 aromatic rings. The Morgan fingerprint density at radius 1 is 1.13 bits per heavy atom. The van der Waals surface area contributed by atoms with Crippen LogP contribution in [-0.4, -0.2) is 33.7 Å².